The lowest BCUT2D eigenvalue weighted by molar-refractivity contribution is 0.515. The Morgan fingerprint density at radius 2 is 2.00 bits per heavy atom. The molecule has 14 heavy (non-hydrogen) atoms. The lowest BCUT2D eigenvalue weighted by Gasteiger charge is -2.20. The van der Waals surface area contributed by atoms with Crippen LogP contribution in [0.2, 0.25) is 0 Å². The first-order valence-corrected chi connectivity index (χ1v) is 6.81. The zero-order valence-electron chi connectivity index (χ0n) is 8.08. The molecule has 0 bridgehead atoms. The van der Waals surface area contributed by atoms with Gasteiger partial charge in [0.2, 0.25) is 0 Å². The van der Waals surface area contributed by atoms with E-state index in [0.29, 0.717) is 0 Å². The summed E-state index contributed by atoms with van der Waals surface area (Å²) in [7, 11) is 0. The predicted octanol–water partition coefficient (Wildman–Crippen LogP) is 4.27. The summed E-state index contributed by atoms with van der Waals surface area (Å²) in [5, 5.41) is 1.96. The van der Waals surface area contributed by atoms with Gasteiger partial charge >= 0.3 is 0 Å². The van der Waals surface area contributed by atoms with Gasteiger partial charge in [0.1, 0.15) is 4.60 Å². The fraction of sp³-hybridized carbons (Fsp3) is 0.545. The molecule has 0 saturated heterocycles. The van der Waals surface area contributed by atoms with E-state index in [1.807, 2.05) is 17.8 Å². The Kier molecular flexibility index (Phi) is 3.88. The van der Waals surface area contributed by atoms with Crippen LogP contribution in [0.4, 0.5) is 0 Å². The van der Waals surface area contributed by atoms with Gasteiger partial charge in [0, 0.05) is 5.25 Å². The molecule has 3 heteroatoms. The zero-order chi connectivity index (χ0) is 9.80. The molecule has 0 atom stereocenters. The molecule has 1 fully saturated rings. The third kappa shape index (κ3) is 2.99. The second-order valence-corrected chi connectivity index (χ2v) is 5.81. The van der Waals surface area contributed by atoms with Crippen LogP contribution in [0, 0.1) is 0 Å². The second kappa shape index (κ2) is 5.17. The Balaban J connectivity index is 1.95. The van der Waals surface area contributed by atoms with Crippen molar-refractivity contribution in [1.29, 1.82) is 0 Å². The van der Waals surface area contributed by atoms with E-state index in [-0.39, 0.29) is 0 Å². The minimum atomic E-state index is 0.797. The molecule has 1 saturated carbocycles. The molecule has 1 aromatic heterocycles. The maximum Gasteiger partial charge on any atom is 0.107 e. The van der Waals surface area contributed by atoms with Crippen LogP contribution in [0.25, 0.3) is 0 Å². The number of rotatable bonds is 2. The fourth-order valence-electron chi connectivity index (χ4n) is 1.81. The molecule has 1 aliphatic rings. The number of nitrogens with zero attached hydrogens (tertiary/aromatic N) is 1. The molecule has 0 radical (unpaired) electrons. The molecular formula is C11H14BrNS. The number of pyridine rings is 1. The van der Waals surface area contributed by atoms with Gasteiger partial charge in [-0.3, -0.25) is 0 Å². The highest BCUT2D eigenvalue weighted by atomic mass is 79.9. The van der Waals surface area contributed by atoms with Gasteiger partial charge in [0.15, 0.2) is 0 Å². The molecule has 0 aromatic carbocycles. The topological polar surface area (TPSA) is 12.9 Å². The molecule has 1 aliphatic carbocycles. The lowest BCUT2D eigenvalue weighted by atomic mass is 10.0. The Morgan fingerprint density at radius 3 is 2.71 bits per heavy atom. The highest BCUT2D eigenvalue weighted by molar-refractivity contribution is 9.10. The first kappa shape index (κ1) is 10.5. The fourth-order valence-corrected chi connectivity index (χ4v) is 3.49. The van der Waals surface area contributed by atoms with E-state index in [1.165, 1.54) is 32.1 Å². The quantitative estimate of drug-likeness (QED) is 0.746. The zero-order valence-corrected chi connectivity index (χ0v) is 10.5. The van der Waals surface area contributed by atoms with Crippen LogP contribution in [0.5, 0.6) is 0 Å². The van der Waals surface area contributed by atoms with Gasteiger partial charge in [-0.2, -0.15) is 0 Å². The van der Waals surface area contributed by atoms with Gasteiger partial charge in [-0.25, -0.2) is 4.98 Å². The van der Waals surface area contributed by atoms with Crippen molar-refractivity contribution in [2.45, 2.75) is 42.4 Å². The van der Waals surface area contributed by atoms with Crippen molar-refractivity contribution in [3.63, 3.8) is 0 Å². The highest BCUT2D eigenvalue weighted by Crippen LogP contribution is 2.32. The van der Waals surface area contributed by atoms with Crippen LogP contribution in [0.1, 0.15) is 32.1 Å². The summed E-state index contributed by atoms with van der Waals surface area (Å²) in [5.74, 6) is 0. The number of hydrogen-bond acceptors (Lipinski definition) is 2. The molecular weight excluding hydrogens is 258 g/mol. The largest absolute Gasteiger partial charge is 0.235 e. The SMILES string of the molecule is Brc1cccc(SC2CCCCC2)n1. The summed E-state index contributed by atoms with van der Waals surface area (Å²) in [6.07, 6.45) is 6.93. The van der Waals surface area contributed by atoms with Crippen molar-refractivity contribution in [2.24, 2.45) is 0 Å². The van der Waals surface area contributed by atoms with Crippen molar-refractivity contribution in [1.82, 2.24) is 4.98 Å². The minimum absolute atomic E-state index is 0.797. The number of thioether (sulfide) groups is 1. The molecule has 0 unspecified atom stereocenters. The summed E-state index contributed by atoms with van der Waals surface area (Å²) in [6.45, 7) is 0. The first-order chi connectivity index (χ1) is 6.84. The van der Waals surface area contributed by atoms with Gasteiger partial charge in [0.25, 0.3) is 0 Å². The Morgan fingerprint density at radius 1 is 1.21 bits per heavy atom. The molecule has 1 aromatic rings. The number of hydrogen-bond donors (Lipinski definition) is 0. The van der Waals surface area contributed by atoms with Crippen LogP contribution in [0.15, 0.2) is 27.8 Å². The van der Waals surface area contributed by atoms with Gasteiger partial charge in [-0.1, -0.05) is 25.3 Å². The predicted molar refractivity (Wildman–Crippen MR) is 64.7 cm³/mol. The average molecular weight is 272 g/mol. The molecule has 1 heterocycles. The average Bonchev–Trinajstić information content (AvgIpc) is 2.19. The molecule has 0 aliphatic heterocycles. The van der Waals surface area contributed by atoms with Gasteiger partial charge < -0.3 is 0 Å². The van der Waals surface area contributed by atoms with E-state index in [2.05, 4.69) is 33.0 Å². The summed E-state index contributed by atoms with van der Waals surface area (Å²) in [5.41, 5.74) is 0. The van der Waals surface area contributed by atoms with Crippen molar-refractivity contribution >= 4 is 27.7 Å². The van der Waals surface area contributed by atoms with Crippen LogP contribution >= 0.6 is 27.7 Å². The van der Waals surface area contributed by atoms with Crippen LogP contribution < -0.4 is 0 Å². The normalized spacial score (nSPS) is 18.4. The number of aromatic nitrogens is 1. The smallest absolute Gasteiger partial charge is 0.107 e. The molecule has 0 amide bonds. The van der Waals surface area contributed by atoms with Crippen molar-refractivity contribution in [2.75, 3.05) is 0 Å². The monoisotopic (exact) mass is 271 g/mol. The minimum Gasteiger partial charge on any atom is -0.235 e. The number of halogens is 1. The molecule has 2 rings (SSSR count). The molecule has 0 spiro atoms. The van der Waals surface area contributed by atoms with Crippen molar-refractivity contribution in [3.8, 4) is 0 Å². The second-order valence-electron chi connectivity index (χ2n) is 3.68. The van der Waals surface area contributed by atoms with E-state index in [4.69, 9.17) is 0 Å². The first-order valence-electron chi connectivity index (χ1n) is 5.14. The Labute approximate surface area is 97.8 Å². The van der Waals surface area contributed by atoms with Gasteiger partial charge in [0.05, 0.1) is 5.03 Å². The Hall–Kier alpha value is -0.0200. The van der Waals surface area contributed by atoms with Crippen molar-refractivity contribution in [3.05, 3.63) is 22.8 Å². The van der Waals surface area contributed by atoms with E-state index < -0.39 is 0 Å². The van der Waals surface area contributed by atoms with Crippen LogP contribution in [0.3, 0.4) is 0 Å². The summed E-state index contributed by atoms with van der Waals surface area (Å²) in [4.78, 5) is 4.45. The van der Waals surface area contributed by atoms with Gasteiger partial charge in [-0.05, 0) is 40.9 Å². The lowest BCUT2D eigenvalue weighted by Crippen LogP contribution is -2.07. The standard InChI is InChI=1S/C11H14BrNS/c12-10-7-4-8-11(13-10)14-9-5-2-1-3-6-9/h4,7-9H,1-3,5-6H2. The van der Waals surface area contributed by atoms with Crippen LogP contribution in [-0.2, 0) is 0 Å². The van der Waals surface area contributed by atoms with Crippen molar-refractivity contribution < 1.29 is 0 Å². The highest BCUT2D eigenvalue weighted by Gasteiger charge is 2.14. The van der Waals surface area contributed by atoms with E-state index >= 15 is 0 Å². The molecule has 76 valence electrons. The summed E-state index contributed by atoms with van der Waals surface area (Å²) < 4.78 is 0.943. The summed E-state index contributed by atoms with van der Waals surface area (Å²) in [6, 6.07) is 6.14. The maximum atomic E-state index is 4.45. The van der Waals surface area contributed by atoms with Crippen LogP contribution in [-0.4, -0.2) is 10.2 Å². The third-order valence-corrected chi connectivity index (χ3v) is 4.24. The summed E-state index contributed by atoms with van der Waals surface area (Å²) >= 11 is 5.34. The maximum absolute atomic E-state index is 4.45. The molecule has 0 N–H and O–H groups in total. The third-order valence-electron chi connectivity index (χ3n) is 2.53. The van der Waals surface area contributed by atoms with E-state index in [1.54, 1.807) is 0 Å². The van der Waals surface area contributed by atoms with E-state index in [9.17, 15) is 0 Å². The van der Waals surface area contributed by atoms with E-state index in [0.717, 1.165) is 14.9 Å². The van der Waals surface area contributed by atoms with Gasteiger partial charge in [-0.15, -0.1) is 11.8 Å². The molecule has 1 nitrogen and oxygen atoms in total. The Bertz CT molecular complexity index is 297.